The molecule has 1 N–H and O–H groups in total. The smallest absolute Gasteiger partial charge is 0.303 e. The van der Waals surface area contributed by atoms with Crippen LogP contribution in [0, 0.1) is 0 Å². The fraction of sp³-hybridized carbons (Fsp3) is 0.588. The van der Waals surface area contributed by atoms with Crippen LogP contribution in [0.15, 0.2) is 24.3 Å². The van der Waals surface area contributed by atoms with Gasteiger partial charge in [0.1, 0.15) is 0 Å². The lowest BCUT2D eigenvalue weighted by molar-refractivity contribution is -0.137. The third-order valence-electron chi connectivity index (χ3n) is 4.19. The van der Waals surface area contributed by atoms with E-state index in [4.69, 9.17) is 5.11 Å². The summed E-state index contributed by atoms with van der Waals surface area (Å²) in [5.74, 6) is 0.00970. The predicted molar refractivity (Wildman–Crippen MR) is 77.5 cm³/mol. The highest BCUT2D eigenvalue weighted by molar-refractivity contribution is 5.66. The number of carbonyl (C=O) groups is 1. The molecular weight excluding hydrogens is 236 g/mol. The molecule has 1 saturated carbocycles. The second kappa shape index (κ2) is 7.32. The molecule has 0 unspecified atom stereocenters. The van der Waals surface area contributed by atoms with Crippen LogP contribution in [0.1, 0.15) is 68.4 Å². The van der Waals surface area contributed by atoms with E-state index in [0.29, 0.717) is 5.92 Å². The number of hydrogen-bond acceptors (Lipinski definition) is 1. The van der Waals surface area contributed by atoms with Crippen molar-refractivity contribution in [3.63, 3.8) is 0 Å². The average Bonchev–Trinajstić information content (AvgIpc) is 2.68. The molecule has 2 nitrogen and oxygen atoms in total. The van der Waals surface area contributed by atoms with E-state index in [2.05, 4.69) is 24.3 Å². The zero-order chi connectivity index (χ0) is 13.5. The summed E-state index contributed by atoms with van der Waals surface area (Å²) in [5.41, 5.74) is 2.85. The number of hydrogen-bond donors (Lipinski definition) is 1. The summed E-state index contributed by atoms with van der Waals surface area (Å²) in [5, 5.41) is 8.75. The Morgan fingerprint density at radius 3 is 2.47 bits per heavy atom. The largest absolute Gasteiger partial charge is 0.481 e. The van der Waals surface area contributed by atoms with Crippen molar-refractivity contribution in [3.8, 4) is 0 Å². The van der Waals surface area contributed by atoms with Gasteiger partial charge >= 0.3 is 5.97 Å². The van der Waals surface area contributed by atoms with Gasteiger partial charge in [0.2, 0.25) is 0 Å². The van der Waals surface area contributed by atoms with Crippen molar-refractivity contribution in [1.29, 1.82) is 0 Å². The lowest BCUT2D eigenvalue weighted by Crippen LogP contribution is -2.03. The molecular formula is C17H24O2. The minimum atomic E-state index is -0.688. The first-order chi connectivity index (χ1) is 9.27. The standard InChI is InChI=1S/C17H24O2/c18-17(19)13-7-11-15-10-5-6-12-16(15)14-8-3-1-2-4-9-14/h5-6,10,12,14H,1-4,7-9,11,13H2,(H,18,19). The predicted octanol–water partition coefficient (Wildman–Crippen LogP) is 4.53. The Bertz CT molecular complexity index is 403. The van der Waals surface area contributed by atoms with E-state index in [0.717, 1.165) is 12.8 Å². The lowest BCUT2D eigenvalue weighted by atomic mass is 9.87. The summed E-state index contributed by atoms with van der Waals surface area (Å²) >= 11 is 0. The summed E-state index contributed by atoms with van der Waals surface area (Å²) in [7, 11) is 0. The molecule has 1 aliphatic carbocycles. The van der Waals surface area contributed by atoms with Crippen molar-refractivity contribution >= 4 is 5.97 Å². The molecule has 0 aliphatic heterocycles. The highest BCUT2D eigenvalue weighted by Gasteiger charge is 2.16. The summed E-state index contributed by atoms with van der Waals surface area (Å²) in [6.45, 7) is 0. The van der Waals surface area contributed by atoms with Gasteiger partial charge < -0.3 is 5.11 Å². The van der Waals surface area contributed by atoms with Gasteiger partial charge in [-0.15, -0.1) is 0 Å². The van der Waals surface area contributed by atoms with Crippen molar-refractivity contribution in [2.75, 3.05) is 0 Å². The van der Waals surface area contributed by atoms with Gasteiger partial charge in [-0.1, -0.05) is 49.9 Å². The van der Waals surface area contributed by atoms with E-state index in [1.165, 1.54) is 49.7 Å². The molecule has 0 spiro atoms. The maximum absolute atomic E-state index is 10.6. The van der Waals surface area contributed by atoms with E-state index < -0.39 is 5.97 Å². The van der Waals surface area contributed by atoms with Gasteiger partial charge in [-0.05, 0) is 42.7 Å². The van der Waals surface area contributed by atoms with Gasteiger partial charge in [-0.3, -0.25) is 4.79 Å². The maximum Gasteiger partial charge on any atom is 0.303 e. The Kier molecular flexibility index (Phi) is 5.44. The summed E-state index contributed by atoms with van der Waals surface area (Å²) < 4.78 is 0. The Labute approximate surface area is 115 Å². The molecule has 0 radical (unpaired) electrons. The molecule has 0 saturated heterocycles. The Balaban J connectivity index is 2.04. The normalized spacial score (nSPS) is 17.1. The fourth-order valence-corrected chi connectivity index (χ4v) is 3.18. The van der Waals surface area contributed by atoms with E-state index in [-0.39, 0.29) is 6.42 Å². The maximum atomic E-state index is 10.6. The van der Waals surface area contributed by atoms with Crippen LogP contribution in [0.25, 0.3) is 0 Å². The quantitative estimate of drug-likeness (QED) is 0.790. The van der Waals surface area contributed by atoms with E-state index in [9.17, 15) is 4.79 Å². The number of rotatable bonds is 5. The van der Waals surface area contributed by atoms with Gasteiger partial charge in [0.05, 0.1) is 0 Å². The van der Waals surface area contributed by atoms with Gasteiger partial charge in [0, 0.05) is 6.42 Å². The first-order valence-electron chi connectivity index (χ1n) is 7.57. The summed E-state index contributed by atoms with van der Waals surface area (Å²) in [6, 6.07) is 8.64. The van der Waals surface area contributed by atoms with Gasteiger partial charge in [0.25, 0.3) is 0 Å². The van der Waals surface area contributed by atoms with Gasteiger partial charge in [-0.25, -0.2) is 0 Å². The number of aliphatic carboxylic acids is 1. The van der Waals surface area contributed by atoms with Crippen LogP contribution in [-0.2, 0) is 11.2 Å². The van der Waals surface area contributed by atoms with Crippen molar-refractivity contribution in [2.24, 2.45) is 0 Å². The van der Waals surface area contributed by atoms with Crippen LogP contribution in [0.5, 0.6) is 0 Å². The molecule has 0 heterocycles. The molecule has 1 aromatic rings. The number of carboxylic acids is 1. The average molecular weight is 260 g/mol. The molecule has 2 rings (SSSR count). The van der Waals surface area contributed by atoms with Crippen LogP contribution in [0.2, 0.25) is 0 Å². The number of benzene rings is 1. The molecule has 104 valence electrons. The van der Waals surface area contributed by atoms with Gasteiger partial charge in [-0.2, -0.15) is 0 Å². The van der Waals surface area contributed by atoms with Crippen molar-refractivity contribution in [1.82, 2.24) is 0 Å². The first kappa shape index (κ1) is 14.1. The number of carboxylic acid groups (broad SMARTS) is 1. The van der Waals surface area contributed by atoms with Crippen molar-refractivity contribution in [2.45, 2.75) is 63.7 Å². The fourth-order valence-electron chi connectivity index (χ4n) is 3.18. The second-order valence-corrected chi connectivity index (χ2v) is 5.63. The SMILES string of the molecule is O=C(O)CCCc1ccccc1C1CCCCCC1. The molecule has 0 bridgehead atoms. The minimum absolute atomic E-state index is 0.277. The van der Waals surface area contributed by atoms with E-state index in [1.54, 1.807) is 0 Å². The zero-order valence-electron chi connectivity index (χ0n) is 11.6. The van der Waals surface area contributed by atoms with Crippen LogP contribution in [0.3, 0.4) is 0 Å². The van der Waals surface area contributed by atoms with Gasteiger partial charge in [0.15, 0.2) is 0 Å². The van der Waals surface area contributed by atoms with E-state index in [1.807, 2.05) is 0 Å². The summed E-state index contributed by atoms with van der Waals surface area (Å²) in [4.78, 5) is 10.6. The Morgan fingerprint density at radius 1 is 1.11 bits per heavy atom. The zero-order valence-corrected chi connectivity index (χ0v) is 11.6. The molecule has 2 heteroatoms. The highest BCUT2D eigenvalue weighted by atomic mass is 16.4. The Hall–Kier alpha value is -1.31. The van der Waals surface area contributed by atoms with Crippen LogP contribution in [0.4, 0.5) is 0 Å². The molecule has 1 fully saturated rings. The van der Waals surface area contributed by atoms with E-state index >= 15 is 0 Å². The minimum Gasteiger partial charge on any atom is -0.481 e. The Morgan fingerprint density at radius 2 is 1.79 bits per heavy atom. The highest BCUT2D eigenvalue weighted by Crippen LogP contribution is 2.33. The van der Waals surface area contributed by atoms with Crippen LogP contribution in [-0.4, -0.2) is 11.1 Å². The molecule has 0 amide bonds. The van der Waals surface area contributed by atoms with Crippen molar-refractivity contribution in [3.05, 3.63) is 35.4 Å². The molecule has 0 atom stereocenters. The lowest BCUT2D eigenvalue weighted by Gasteiger charge is -2.18. The molecule has 1 aliphatic rings. The van der Waals surface area contributed by atoms with Crippen molar-refractivity contribution < 1.29 is 9.90 Å². The number of aryl methyl sites for hydroxylation is 1. The molecule has 1 aromatic carbocycles. The third-order valence-corrected chi connectivity index (χ3v) is 4.19. The molecule has 19 heavy (non-hydrogen) atoms. The third kappa shape index (κ3) is 4.38. The summed E-state index contributed by atoms with van der Waals surface area (Å²) in [6.07, 6.45) is 9.96. The molecule has 0 aromatic heterocycles. The topological polar surface area (TPSA) is 37.3 Å². The second-order valence-electron chi connectivity index (χ2n) is 5.63. The first-order valence-corrected chi connectivity index (χ1v) is 7.57. The monoisotopic (exact) mass is 260 g/mol. The van der Waals surface area contributed by atoms with Crippen LogP contribution >= 0.6 is 0 Å². The van der Waals surface area contributed by atoms with Crippen LogP contribution < -0.4 is 0 Å².